The number of aromatic nitrogens is 4. The number of rotatable bonds is 7. The van der Waals surface area contributed by atoms with Gasteiger partial charge in [0.2, 0.25) is 17.6 Å². The highest BCUT2D eigenvalue weighted by molar-refractivity contribution is 5.78. The summed E-state index contributed by atoms with van der Waals surface area (Å²) in [6.07, 6.45) is 4.65. The van der Waals surface area contributed by atoms with Crippen LogP contribution in [0.15, 0.2) is 41.3 Å². The quantitative estimate of drug-likeness (QED) is 0.576. The Hall–Kier alpha value is -3.20. The molecule has 1 atom stereocenters. The fourth-order valence-electron chi connectivity index (χ4n) is 3.86. The predicted molar refractivity (Wildman–Crippen MR) is 111 cm³/mol. The molecule has 0 spiro atoms. The molecule has 0 bridgehead atoms. The van der Waals surface area contributed by atoms with Gasteiger partial charge in [0.25, 0.3) is 0 Å². The molecule has 0 saturated carbocycles. The van der Waals surface area contributed by atoms with Crippen LogP contribution in [0, 0.1) is 5.82 Å². The Bertz CT molecular complexity index is 1060. The summed E-state index contributed by atoms with van der Waals surface area (Å²) < 4.78 is 19.1. The van der Waals surface area contributed by atoms with E-state index in [0.29, 0.717) is 43.3 Å². The maximum Gasteiger partial charge on any atom is 0.236 e. The number of nitrogens with zero attached hydrogens (tertiary/aromatic N) is 6. The first-order valence-corrected chi connectivity index (χ1v) is 10.4. The number of amides is 1. The molecule has 8 nitrogen and oxygen atoms in total. The fraction of sp³-hybridized carbons (Fsp3) is 0.409. The van der Waals surface area contributed by atoms with E-state index in [2.05, 4.69) is 20.1 Å². The van der Waals surface area contributed by atoms with Gasteiger partial charge in [-0.25, -0.2) is 14.4 Å². The van der Waals surface area contributed by atoms with Crippen LogP contribution in [0.5, 0.6) is 0 Å². The molecule has 2 aromatic heterocycles. The van der Waals surface area contributed by atoms with Crippen LogP contribution < -0.4 is 0 Å². The Morgan fingerprint density at radius 2 is 2.19 bits per heavy atom. The van der Waals surface area contributed by atoms with Crippen molar-refractivity contribution in [3.05, 3.63) is 59.8 Å². The van der Waals surface area contributed by atoms with Crippen LogP contribution in [0.2, 0.25) is 0 Å². The molecule has 0 unspecified atom stereocenters. The molecule has 1 aromatic carbocycles. The first kappa shape index (κ1) is 21.0. The van der Waals surface area contributed by atoms with Gasteiger partial charge in [-0.15, -0.1) is 0 Å². The van der Waals surface area contributed by atoms with Gasteiger partial charge in [0, 0.05) is 43.7 Å². The van der Waals surface area contributed by atoms with E-state index < -0.39 is 0 Å². The Kier molecular flexibility index (Phi) is 6.31. The highest BCUT2D eigenvalue weighted by Gasteiger charge is 2.31. The summed E-state index contributed by atoms with van der Waals surface area (Å²) in [6, 6.07) is 6.63. The lowest BCUT2D eigenvalue weighted by Crippen LogP contribution is -2.37. The summed E-state index contributed by atoms with van der Waals surface area (Å²) in [5, 5.41) is 4.05. The molecule has 1 amide bonds. The van der Waals surface area contributed by atoms with Crippen molar-refractivity contribution in [3.8, 4) is 11.4 Å². The Labute approximate surface area is 180 Å². The van der Waals surface area contributed by atoms with E-state index in [4.69, 9.17) is 4.52 Å². The molecule has 0 aliphatic carbocycles. The molecule has 1 fully saturated rings. The first-order chi connectivity index (χ1) is 15.0. The molecule has 0 N–H and O–H groups in total. The van der Waals surface area contributed by atoms with Crippen molar-refractivity contribution in [2.45, 2.75) is 32.2 Å². The zero-order chi connectivity index (χ0) is 21.8. The van der Waals surface area contributed by atoms with Gasteiger partial charge in [-0.05, 0) is 19.5 Å². The molecule has 1 saturated heterocycles. The van der Waals surface area contributed by atoms with Crippen LogP contribution in [0.4, 0.5) is 4.39 Å². The molecular weight excluding hydrogens is 399 g/mol. The number of hydrogen-bond donors (Lipinski definition) is 0. The number of hydrogen-bond acceptors (Lipinski definition) is 7. The van der Waals surface area contributed by atoms with E-state index in [-0.39, 0.29) is 24.2 Å². The van der Waals surface area contributed by atoms with Crippen molar-refractivity contribution >= 4 is 5.91 Å². The highest BCUT2D eigenvalue weighted by Crippen LogP contribution is 2.31. The van der Waals surface area contributed by atoms with Crippen LogP contribution in [0.3, 0.4) is 0 Å². The Balaban J connectivity index is 1.40. The minimum Gasteiger partial charge on any atom is -0.341 e. The summed E-state index contributed by atoms with van der Waals surface area (Å²) in [7, 11) is 1.82. The number of carbonyl (C=O) groups is 1. The van der Waals surface area contributed by atoms with Crippen molar-refractivity contribution in [3.63, 3.8) is 0 Å². The average Bonchev–Trinajstić information content (AvgIpc) is 3.45. The minimum atomic E-state index is -0.257. The summed E-state index contributed by atoms with van der Waals surface area (Å²) in [4.78, 5) is 29.5. The van der Waals surface area contributed by atoms with Gasteiger partial charge in [0.1, 0.15) is 12.1 Å². The van der Waals surface area contributed by atoms with E-state index in [9.17, 15) is 9.18 Å². The number of halogens is 1. The third-order valence-corrected chi connectivity index (χ3v) is 5.49. The van der Waals surface area contributed by atoms with E-state index >= 15 is 0 Å². The van der Waals surface area contributed by atoms with Crippen LogP contribution in [-0.4, -0.2) is 62.5 Å². The smallest absolute Gasteiger partial charge is 0.236 e. The van der Waals surface area contributed by atoms with Gasteiger partial charge in [-0.2, -0.15) is 4.98 Å². The number of benzene rings is 1. The van der Waals surface area contributed by atoms with Crippen molar-refractivity contribution in [2.24, 2.45) is 0 Å². The maximum atomic E-state index is 13.9. The standard InChI is InChI=1S/C22H25FN6O2/c1-3-19-26-22(27-31-19)17-10-24-14-25-21(17)16-8-9-29(12-16)20(30)13-28(2)11-15-6-4-5-7-18(15)23/h4-7,10,14,16H,3,8-9,11-13H2,1-2H3/t16-/m1/s1. The summed E-state index contributed by atoms with van der Waals surface area (Å²) in [5.74, 6) is 0.868. The van der Waals surface area contributed by atoms with E-state index in [1.165, 1.54) is 12.4 Å². The molecule has 0 radical (unpaired) electrons. The lowest BCUT2D eigenvalue weighted by molar-refractivity contribution is -0.131. The lowest BCUT2D eigenvalue weighted by Gasteiger charge is -2.22. The van der Waals surface area contributed by atoms with Gasteiger partial charge >= 0.3 is 0 Å². The van der Waals surface area contributed by atoms with Crippen LogP contribution in [0.1, 0.15) is 36.4 Å². The molecule has 1 aliphatic rings. The molecule has 162 valence electrons. The van der Waals surface area contributed by atoms with Crippen LogP contribution in [0.25, 0.3) is 11.4 Å². The molecule has 9 heteroatoms. The zero-order valence-electron chi connectivity index (χ0n) is 17.7. The van der Waals surface area contributed by atoms with Crippen molar-refractivity contribution in [1.82, 2.24) is 29.9 Å². The first-order valence-electron chi connectivity index (χ1n) is 10.4. The number of aryl methyl sites for hydroxylation is 1. The molecule has 3 heterocycles. The van der Waals surface area contributed by atoms with Crippen molar-refractivity contribution in [1.29, 1.82) is 0 Å². The molecule has 3 aromatic rings. The highest BCUT2D eigenvalue weighted by atomic mass is 19.1. The minimum absolute atomic E-state index is 0.0183. The summed E-state index contributed by atoms with van der Waals surface area (Å²) >= 11 is 0. The van der Waals surface area contributed by atoms with E-state index in [0.717, 1.165) is 17.7 Å². The molecule has 4 rings (SSSR count). The van der Waals surface area contributed by atoms with Gasteiger partial charge in [-0.1, -0.05) is 30.3 Å². The number of likely N-dealkylation sites (tertiary alicyclic amines) is 1. The zero-order valence-corrected chi connectivity index (χ0v) is 17.7. The lowest BCUT2D eigenvalue weighted by atomic mass is 10.00. The summed E-state index contributed by atoms with van der Waals surface area (Å²) in [5.41, 5.74) is 2.14. The van der Waals surface area contributed by atoms with Crippen molar-refractivity contribution < 1.29 is 13.7 Å². The number of carbonyl (C=O) groups excluding carboxylic acids is 1. The third-order valence-electron chi connectivity index (χ3n) is 5.49. The average molecular weight is 424 g/mol. The van der Waals surface area contributed by atoms with E-state index in [1.54, 1.807) is 24.4 Å². The van der Waals surface area contributed by atoms with E-state index in [1.807, 2.05) is 23.8 Å². The molecule has 1 aliphatic heterocycles. The van der Waals surface area contributed by atoms with Crippen LogP contribution >= 0.6 is 0 Å². The number of likely N-dealkylation sites (N-methyl/N-ethyl adjacent to an activating group) is 1. The third kappa shape index (κ3) is 4.77. The maximum absolute atomic E-state index is 13.9. The SMILES string of the molecule is CCc1nc(-c2cncnc2[C@@H]2CCN(C(=O)CN(C)Cc3ccccc3F)C2)no1. The Morgan fingerprint density at radius 3 is 2.97 bits per heavy atom. The Morgan fingerprint density at radius 1 is 1.35 bits per heavy atom. The predicted octanol–water partition coefficient (Wildman–Crippen LogP) is 2.68. The van der Waals surface area contributed by atoms with Gasteiger partial charge in [0.15, 0.2) is 0 Å². The van der Waals surface area contributed by atoms with Gasteiger partial charge in [0.05, 0.1) is 17.8 Å². The second-order valence-electron chi connectivity index (χ2n) is 7.78. The van der Waals surface area contributed by atoms with Crippen molar-refractivity contribution in [2.75, 3.05) is 26.7 Å². The van der Waals surface area contributed by atoms with Gasteiger partial charge < -0.3 is 9.42 Å². The van der Waals surface area contributed by atoms with Crippen LogP contribution in [-0.2, 0) is 17.8 Å². The second kappa shape index (κ2) is 9.30. The summed E-state index contributed by atoms with van der Waals surface area (Å²) in [6.45, 7) is 3.76. The molecular formula is C22H25FN6O2. The second-order valence-corrected chi connectivity index (χ2v) is 7.78. The molecule has 31 heavy (non-hydrogen) atoms. The van der Waals surface area contributed by atoms with Gasteiger partial charge in [-0.3, -0.25) is 9.69 Å². The monoisotopic (exact) mass is 424 g/mol. The fourth-order valence-corrected chi connectivity index (χ4v) is 3.86. The largest absolute Gasteiger partial charge is 0.341 e. The topological polar surface area (TPSA) is 88.3 Å². The normalized spacial score (nSPS) is 16.3.